The predicted octanol–water partition coefficient (Wildman–Crippen LogP) is 3.28. The number of nitrogens with one attached hydrogen (secondary N) is 2. The summed E-state index contributed by atoms with van der Waals surface area (Å²) < 4.78 is 105. The standard InChI is InChI=1S/C23H24F6N4O5S/c1-39(36,37)11-17(34)30-19-18-16(32-33(19)8-2-6-22(24,25)26)10-21(31-20(18)35)7-5-13-9-14(3-4-15(13)21)38-12-23(27,28)29/h3-4,9H,2,5-8,10-12H2,1H3,(H,30,34)(H,31,35)/t21-/m1/s1. The molecule has 1 aromatic carbocycles. The highest BCUT2D eigenvalue weighted by atomic mass is 32.2. The highest BCUT2D eigenvalue weighted by molar-refractivity contribution is 7.91. The van der Waals surface area contributed by atoms with Gasteiger partial charge < -0.3 is 15.4 Å². The lowest BCUT2D eigenvalue weighted by Crippen LogP contribution is -2.49. The van der Waals surface area contributed by atoms with Crippen LogP contribution in [0.4, 0.5) is 32.2 Å². The molecule has 1 aromatic heterocycles. The fraction of sp³-hybridized carbons (Fsp3) is 0.522. The SMILES string of the molecule is CS(=O)(=O)CC(=O)Nc1c2c(nn1CCCC(F)(F)F)C[C@@]1(CCc3cc(OCC(F)(F)F)ccc31)NC2=O. The van der Waals surface area contributed by atoms with Gasteiger partial charge in [0.1, 0.15) is 22.9 Å². The normalized spacial score (nSPS) is 19.0. The first-order valence-corrected chi connectivity index (χ1v) is 13.8. The summed E-state index contributed by atoms with van der Waals surface area (Å²) >= 11 is 0. The van der Waals surface area contributed by atoms with Gasteiger partial charge in [-0.15, -0.1) is 0 Å². The minimum absolute atomic E-state index is 0.00997. The minimum atomic E-state index is -4.51. The van der Waals surface area contributed by atoms with E-state index in [4.69, 9.17) is 4.74 Å². The molecule has 214 valence electrons. The summed E-state index contributed by atoms with van der Waals surface area (Å²) in [5.41, 5.74) is 0.403. The molecule has 0 saturated heterocycles. The fourth-order valence-electron chi connectivity index (χ4n) is 4.90. The second-order valence-electron chi connectivity index (χ2n) is 9.67. The summed E-state index contributed by atoms with van der Waals surface area (Å²) in [7, 11) is -3.74. The van der Waals surface area contributed by atoms with Gasteiger partial charge in [-0.05, 0) is 42.5 Å². The Balaban J connectivity index is 1.64. The van der Waals surface area contributed by atoms with E-state index in [9.17, 15) is 44.3 Å². The first kappa shape index (κ1) is 28.7. The predicted molar refractivity (Wildman–Crippen MR) is 125 cm³/mol. The Labute approximate surface area is 218 Å². The van der Waals surface area contributed by atoms with Crippen LogP contribution in [0.2, 0.25) is 0 Å². The second-order valence-corrected chi connectivity index (χ2v) is 11.8. The molecule has 1 aliphatic carbocycles. The van der Waals surface area contributed by atoms with Crippen LogP contribution in [0.15, 0.2) is 18.2 Å². The largest absolute Gasteiger partial charge is 0.484 e. The number of anilines is 1. The molecule has 1 spiro atoms. The van der Waals surface area contributed by atoms with Crippen LogP contribution < -0.4 is 15.4 Å². The molecule has 2 aromatic rings. The number of fused-ring (bicyclic) bond motifs is 3. The molecule has 16 heteroatoms. The molecular formula is C23H24F6N4O5S. The van der Waals surface area contributed by atoms with Crippen molar-refractivity contribution >= 4 is 27.5 Å². The lowest BCUT2D eigenvalue weighted by molar-refractivity contribution is -0.153. The third-order valence-electron chi connectivity index (χ3n) is 6.37. The van der Waals surface area contributed by atoms with E-state index in [0.717, 1.165) is 10.9 Å². The Kier molecular flexibility index (Phi) is 7.38. The highest BCUT2D eigenvalue weighted by Crippen LogP contribution is 2.44. The smallest absolute Gasteiger partial charge is 0.422 e. The second kappa shape index (κ2) is 10.0. The van der Waals surface area contributed by atoms with Gasteiger partial charge >= 0.3 is 12.4 Å². The van der Waals surface area contributed by atoms with Gasteiger partial charge in [0, 0.05) is 25.6 Å². The van der Waals surface area contributed by atoms with Crippen molar-refractivity contribution in [3.05, 3.63) is 40.6 Å². The van der Waals surface area contributed by atoms with Gasteiger partial charge in [0.05, 0.1) is 11.2 Å². The summed E-state index contributed by atoms with van der Waals surface area (Å²) in [5, 5.41) is 9.50. The number of amides is 2. The maximum atomic E-state index is 13.3. The van der Waals surface area contributed by atoms with Gasteiger partial charge in [0.15, 0.2) is 16.4 Å². The molecule has 0 unspecified atom stereocenters. The van der Waals surface area contributed by atoms with Crippen molar-refractivity contribution in [1.82, 2.24) is 15.1 Å². The number of sulfone groups is 1. The maximum absolute atomic E-state index is 13.3. The number of nitrogens with zero attached hydrogens (tertiary/aromatic N) is 2. The molecule has 9 nitrogen and oxygen atoms in total. The minimum Gasteiger partial charge on any atom is -0.484 e. The summed E-state index contributed by atoms with van der Waals surface area (Å²) in [4.78, 5) is 25.6. The van der Waals surface area contributed by atoms with Crippen LogP contribution in [-0.2, 0) is 39.6 Å². The van der Waals surface area contributed by atoms with E-state index in [1.807, 2.05) is 0 Å². The fourth-order valence-corrected chi connectivity index (χ4v) is 5.45. The van der Waals surface area contributed by atoms with Crippen LogP contribution in [0, 0.1) is 0 Å². The third-order valence-corrected chi connectivity index (χ3v) is 7.16. The van der Waals surface area contributed by atoms with E-state index < -0.39 is 64.7 Å². The molecule has 2 amide bonds. The molecule has 0 radical (unpaired) electrons. The number of hydrogen-bond acceptors (Lipinski definition) is 6. The van der Waals surface area contributed by atoms with E-state index >= 15 is 0 Å². The monoisotopic (exact) mass is 582 g/mol. The number of carbonyl (C=O) groups excluding carboxylic acids is 2. The van der Waals surface area contributed by atoms with Crippen molar-refractivity contribution in [3.8, 4) is 5.75 Å². The lowest BCUT2D eigenvalue weighted by atomic mass is 9.82. The molecule has 0 fully saturated rings. The molecule has 39 heavy (non-hydrogen) atoms. The number of carbonyl (C=O) groups is 2. The highest BCUT2D eigenvalue weighted by Gasteiger charge is 2.46. The molecule has 2 N–H and O–H groups in total. The first-order valence-electron chi connectivity index (χ1n) is 11.7. The van der Waals surface area contributed by atoms with Crippen molar-refractivity contribution in [2.75, 3.05) is 23.9 Å². The molecule has 1 aliphatic heterocycles. The zero-order valence-electron chi connectivity index (χ0n) is 20.5. The number of alkyl halides is 6. The molecule has 0 saturated carbocycles. The van der Waals surface area contributed by atoms with Gasteiger partial charge in [-0.1, -0.05) is 6.07 Å². The Morgan fingerprint density at radius 3 is 2.56 bits per heavy atom. The van der Waals surface area contributed by atoms with Gasteiger partial charge in [0.2, 0.25) is 5.91 Å². The Bertz CT molecular complexity index is 1400. The number of benzene rings is 1. The maximum Gasteiger partial charge on any atom is 0.422 e. The summed E-state index contributed by atoms with van der Waals surface area (Å²) in [6.45, 7) is -1.77. The lowest BCUT2D eigenvalue weighted by Gasteiger charge is -2.35. The molecule has 1 atom stereocenters. The van der Waals surface area contributed by atoms with Crippen molar-refractivity contribution in [2.45, 2.75) is 56.5 Å². The quantitative estimate of drug-likeness (QED) is 0.462. The topological polar surface area (TPSA) is 119 Å². The van der Waals surface area contributed by atoms with Gasteiger partial charge in [-0.25, -0.2) is 13.1 Å². The molecular weight excluding hydrogens is 558 g/mol. The number of aryl methyl sites for hydroxylation is 2. The van der Waals surface area contributed by atoms with E-state index in [1.165, 1.54) is 12.1 Å². The van der Waals surface area contributed by atoms with Crippen LogP contribution in [0.5, 0.6) is 5.75 Å². The van der Waals surface area contributed by atoms with Crippen LogP contribution in [0.25, 0.3) is 0 Å². The van der Waals surface area contributed by atoms with Crippen LogP contribution in [0.3, 0.4) is 0 Å². The molecule has 2 heterocycles. The molecule has 4 rings (SSSR count). The van der Waals surface area contributed by atoms with Crippen molar-refractivity contribution in [1.29, 1.82) is 0 Å². The first-order chi connectivity index (χ1) is 17.9. The number of halogens is 6. The average Bonchev–Trinajstić information content (AvgIpc) is 3.28. The number of rotatable bonds is 8. The summed E-state index contributed by atoms with van der Waals surface area (Å²) in [5.74, 6) is -2.77. The van der Waals surface area contributed by atoms with E-state index in [1.54, 1.807) is 6.07 Å². The van der Waals surface area contributed by atoms with E-state index in [2.05, 4.69) is 15.7 Å². The van der Waals surface area contributed by atoms with Crippen molar-refractivity contribution < 1.29 is 49.1 Å². The Morgan fingerprint density at radius 2 is 1.92 bits per heavy atom. The number of aromatic nitrogens is 2. The summed E-state index contributed by atoms with van der Waals surface area (Å²) in [6.07, 6.45) is -8.82. The van der Waals surface area contributed by atoms with Gasteiger partial charge in [0.25, 0.3) is 5.91 Å². The zero-order valence-corrected chi connectivity index (χ0v) is 21.3. The van der Waals surface area contributed by atoms with E-state index in [0.29, 0.717) is 24.0 Å². The summed E-state index contributed by atoms with van der Waals surface area (Å²) in [6, 6.07) is 4.37. The number of ether oxygens (including phenoxy) is 1. The molecule has 0 bridgehead atoms. The zero-order chi connectivity index (χ0) is 28.8. The van der Waals surface area contributed by atoms with Crippen LogP contribution in [-0.4, -0.2) is 61.0 Å². The van der Waals surface area contributed by atoms with Crippen LogP contribution in [0.1, 0.15) is 46.4 Å². The van der Waals surface area contributed by atoms with Crippen molar-refractivity contribution in [2.24, 2.45) is 0 Å². The van der Waals surface area contributed by atoms with Crippen LogP contribution >= 0.6 is 0 Å². The third kappa shape index (κ3) is 6.83. The Morgan fingerprint density at radius 1 is 1.21 bits per heavy atom. The Hall–Kier alpha value is -3.30. The van der Waals surface area contributed by atoms with Crippen molar-refractivity contribution in [3.63, 3.8) is 0 Å². The van der Waals surface area contributed by atoms with E-state index in [-0.39, 0.29) is 35.8 Å². The van der Waals surface area contributed by atoms with Gasteiger partial charge in [-0.2, -0.15) is 31.4 Å². The van der Waals surface area contributed by atoms with Gasteiger partial charge in [-0.3, -0.25) is 9.59 Å². The molecule has 2 aliphatic rings. The number of hydrogen-bond donors (Lipinski definition) is 2. The average molecular weight is 583 g/mol.